The van der Waals surface area contributed by atoms with Crippen molar-refractivity contribution in [2.45, 2.75) is 43.0 Å². The van der Waals surface area contributed by atoms with Crippen LogP contribution in [0.25, 0.3) is 0 Å². The van der Waals surface area contributed by atoms with E-state index >= 15 is 0 Å². The summed E-state index contributed by atoms with van der Waals surface area (Å²) in [6, 6.07) is 3.55. The molecule has 0 amide bonds. The summed E-state index contributed by atoms with van der Waals surface area (Å²) >= 11 is 1.54. The lowest BCUT2D eigenvalue weighted by Gasteiger charge is -2.15. The smallest absolute Gasteiger partial charge is 0.398 e. The number of hydrogen-bond donors (Lipinski definition) is 1. The molecular formula is C12H16F3NS. The molecule has 0 fully saturated rings. The summed E-state index contributed by atoms with van der Waals surface area (Å²) < 4.78 is 37.3. The second kappa shape index (κ2) is 5.67. The van der Waals surface area contributed by atoms with Crippen molar-refractivity contribution in [2.24, 2.45) is 0 Å². The van der Waals surface area contributed by atoms with Gasteiger partial charge in [0.05, 0.1) is 5.56 Å². The third-order valence-corrected chi connectivity index (χ3v) is 4.17. The lowest BCUT2D eigenvalue weighted by atomic mass is 10.2. The normalized spacial score (nSPS) is 12.1. The average molecular weight is 263 g/mol. The number of rotatable bonds is 4. The molecule has 2 N–H and O–H groups in total. The summed E-state index contributed by atoms with van der Waals surface area (Å²) in [4.78, 5) is 0.728. The predicted molar refractivity (Wildman–Crippen MR) is 66.1 cm³/mol. The van der Waals surface area contributed by atoms with E-state index in [1.807, 2.05) is 0 Å². The van der Waals surface area contributed by atoms with Gasteiger partial charge in [-0.2, -0.15) is 13.2 Å². The zero-order valence-corrected chi connectivity index (χ0v) is 10.7. The Kier molecular flexibility index (Phi) is 4.74. The van der Waals surface area contributed by atoms with Gasteiger partial charge in [0.15, 0.2) is 0 Å². The number of thioether (sulfide) groups is 1. The van der Waals surface area contributed by atoms with Gasteiger partial charge in [-0.25, -0.2) is 0 Å². The van der Waals surface area contributed by atoms with Crippen molar-refractivity contribution in [1.82, 2.24) is 0 Å². The first-order chi connectivity index (χ1) is 7.88. The van der Waals surface area contributed by atoms with Crippen molar-refractivity contribution in [2.75, 3.05) is 5.73 Å². The van der Waals surface area contributed by atoms with Crippen molar-refractivity contribution >= 4 is 17.4 Å². The molecular weight excluding hydrogens is 247 g/mol. The Morgan fingerprint density at radius 2 is 1.82 bits per heavy atom. The molecule has 0 spiro atoms. The predicted octanol–water partition coefficient (Wildman–Crippen LogP) is 4.57. The second-order valence-corrected chi connectivity index (χ2v) is 5.15. The molecule has 17 heavy (non-hydrogen) atoms. The Hall–Kier alpha value is -0.840. The van der Waals surface area contributed by atoms with Crippen LogP contribution in [-0.4, -0.2) is 5.25 Å². The Morgan fingerprint density at radius 3 is 2.24 bits per heavy atom. The molecule has 0 atom stereocenters. The van der Waals surface area contributed by atoms with E-state index in [1.54, 1.807) is 11.8 Å². The van der Waals surface area contributed by atoms with E-state index in [1.165, 1.54) is 6.07 Å². The first-order valence-electron chi connectivity index (χ1n) is 5.51. The summed E-state index contributed by atoms with van der Waals surface area (Å²) in [6.45, 7) is 4.11. The molecule has 0 aliphatic heterocycles. The molecule has 0 saturated carbocycles. The van der Waals surface area contributed by atoms with Crippen LogP contribution in [0.4, 0.5) is 18.9 Å². The van der Waals surface area contributed by atoms with Gasteiger partial charge in [0.2, 0.25) is 0 Å². The first kappa shape index (κ1) is 14.2. The fraction of sp³-hybridized carbons (Fsp3) is 0.500. The van der Waals surface area contributed by atoms with Crippen LogP contribution < -0.4 is 5.73 Å². The number of alkyl halides is 3. The van der Waals surface area contributed by atoms with E-state index in [2.05, 4.69) is 13.8 Å². The lowest BCUT2D eigenvalue weighted by Crippen LogP contribution is -2.06. The van der Waals surface area contributed by atoms with E-state index in [-0.39, 0.29) is 5.69 Å². The number of benzene rings is 1. The number of nitrogens with two attached hydrogens (primary N) is 1. The highest BCUT2D eigenvalue weighted by atomic mass is 32.2. The van der Waals surface area contributed by atoms with Crippen LogP contribution >= 0.6 is 11.8 Å². The monoisotopic (exact) mass is 263 g/mol. The zero-order valence-electron chi connectivity index (χ0n) is 9.84. The third-order valence-electron chi connectivity index (χ3n) is 2.54. The Balaban J connectivity index is 2.90. The van der Waals surface area contributed by atoms with E-state index in [0.717, 1.165) is 29.9 Å². The molecule has 0 aromatic heterocycles. The van der Waals surface area contributed by atoms with Crippen molar-refractivity contribution in [3.05, 3.63) is 23.8 Å². The highest BCUT2D eigenvalue weighted by Crippen LogP contribution is 2.36. The minimum Gasteiger partial charge on any atom is -0.398 e. The SMILES string of the molecule is CCC(CC)Sc1ccc(C(F)(F)F)cc1N. The van der Waals surface area contributed by atoms with E-state index in [4.69, 9.17) is 5.73 Å². The van der Waals surface area contributed by atoms with Crippen LogP contribution in [-0.2, 0) is 6.18 Å². The minimum absolute atomic E-state index is 0.205. The van der Waals surface area contributed by atoms with Gasteiger partial charge >= 0.3 is 6.18 Å². The second-order valence-electron chi connectivity index (χ2n) is 3.81. The van der Waals surface area contributed by atoms with Crippen LogP contribution in [0, 0.1) is 0 Å². The third kappa shape index (κ3) is 3.84. The molecule has 1 nitrogen and oxygen atoms in total. The molecule has 1 rings (SSSR count). The average Bonchev–Trinajstić information content (AvgIpc) is 2.26. The number of halogens is 3. The largest absolute Gasteiger partial charge is 0.416 e. The van der Waals surface area contributed by atoms with Gasteiger partial charge in [-0.1, -0.05) is 13.8 Å². The van der Waals surface area contributed by atoms with Gasteiger partial charge in [-0.05, 0) is 31.0 Å². The molecule has 5 heteroatoms. The van der Waals surface area contributed by atoms with Crippen LogP contribution in [0.1, 0.15) is 32.3 Å². The molecule has 0 radical (unpaired) electrons. The molecule has 0 aliphatic carbocycles. The zero-order chi connectivity index (χ0) is 13.1. The highest BCUT2D eigenvalue weighted by Gasteiger charge is 2.30. The number of hydrogen-bond acceptors (Lipinski definition) is 2. The number of nitrogen functional groups attached to an aromatic ring is 1. The van der Waals surface area contributed by atoms with Gasteiger partial charge in [0, 0.05) is 15.8 Å². The minimum atomic E-state index is -4.33. The Labute approximate surface area is 104 Å². The van der Waals surface area contributed by atoms with E-state index in [0.29, 0.717) is 5.25 Å². The maximum Gasteiger partial charge on any atom is 0.416 e. The summed E-state index contributed by atoms with van der Waals surface area (Å²) in [7, 11) is 0. The lowest BCUT2D eigenvalue weighted by molar-refractivity contribution is -0.137. The van der Waals surface area contributed by atoms with Crippen LogP contribution in [0.15, 0.2) is 23.1 Å². The fourth-order valence-electron chi connectivity index (χ4n) is 1.47. The van der Waals surface area contributed by atoms with Gasteiger partial charge in [0.25, 0.3) is 0 Å². The fourth-order valence-corrected chi connectivity index (χ4v) is 2.50. The van der Waals surface area contributed by atoms with Crippen molar-refractivity contribution in [3.63, 3.8) is 0 Å². The van der Waals surface area contributed by atoms with Crippen molar-refractivity contribution < 1.29 is 13.2 Å². The van der Waals surface area contributed by atoms with Crippen LogP contribution in [0.5, 0.6) is 0 Å². The quantitative estimate of drug-likeness (QED) is 0.636. The topological polar surface area (TPSA) is 26.0 Å². The van der Waals surface area contributed by atoms with Gasteiger partial charge in [-0.3, -0.25) is 0 Å². The standard InChI is InChI=1S/C12H16F3NS/c1-3-9(4-2)17-11-6-5-8(7-10(11)16)12(13,14)15/h5-7,9H,3-4,16H2,1-2H3. The molecule has 0 unspecified atom stereocenters. The van der Waals surface area contributed by atoms with Gasteiger partial charge < -0.3 is 5.73 Å². The maximum absolute atomic E-state index is 12.4. The van der Waals surface area contributed by atoms with Crippen LogP contribution in [0.2, 0.25) is 0 Å². The van der Waals surface area contributed by atoms with E-state index in [9.17, 15) is 13.2 Å². The van der Waals surface area contributed by atoms with E-state index < -0.39 is 11.7 Å². The summed E-state index contributed by atoms with van der Waals surface area (Å²) in [5.41, 5.74) is 5.17. The first-order valence-corrected chi connectivity index (χ1v) is 6.39. The van der Waals surface area contributed by atoms with Crippen molar-refractivity contribution in [1.29, 1.82) is 0 Å². The summed E-state index contributed by atoms with van der Waals surface area (Å²) in [6.07, 6.45) is -2.38. The summed E-state index contributed by atoms with van der Waals surface area (Å²) in [5.74, 6) is 0. The number of anilines is 1. The maximum atomic E-state index is 12.4. The molecule has 0 heterocycles. The molecule has 0 bridgehead atoms. The van der Waals surface area contributed by atoms with Crippen molar-refractivity contribution in [3.8, 4) is 0 Å². The highest BCUT2D eigenvalue weighted by molar-refractivity contribution is 8.00. The molecule has 1 aromatic rings. The Morgan fingerprint density at radius 1 is 1.24 bits per heavy atom. The molecule has 0 saturated heterocycles. The summed E-state index contributed by atoms with van der Waals surface area (Å²) in [5, 5.41) is 0.397. The molecule has 96 valence electrons. The van der Waals surface area contributed by atoms with Gasteiger partial charge in [0.1, 0.15) is 0 Å². The Bertz CT molecular complexity index is 373. The molecule has 1 aromatic carbocycles. The van der Waals surface area contributed by atoms with Crippen LogP contribution in [0.3, 0.4) is 0 Å². The van der Waals surface area contributed by atoms with Gasteiger partial charge in [-0.15, -0.1) is 11.8 Å². The molecule has 0 aliphatic rings.